The van der Waals surface area contributed by atoms with Gasteiger partial charge in [-0.3, -0.25) is 9.69 Å². The summed E-state index contributed by atoms with van der Waals surface area (Å²) in [6.07, 6.45) is -0.862. The zero-order chi connectivity index (χ0) is 18.8. The minimum atomic E-state index is -0.862. The van der Waals surface area contributed by atoms with Crippen molar-refractivity contribution in [3.63, 3.8) is 0 Å². The van der Waals surface area contributed by atoms with Gasteiger partial charge in [0.25, 0.3) is 5.91 Å². The van der Waals surface area contributed by atoms with Gasteiger partial charge in [0.2, 0.25) is 0 Å². The molecular formula is C19H29N3O3. The summed E-state index contributed by atoms with van der Waals surface area (Å²) in [5.41, 5.74) is 1.43. The van der Waals surface area contributed by atoms with Crippen LogP contribution in [0.3, 0.4) is 0 Å². The summed E-state index contributed by atoms with van der Waals surface area (Å²) >= 11 is 0. The maximum atomic E-state index is 12.4. The zero-order valence-electron chi connectivity index (χ0n) is 15.7. The Kier molecular flexibility index (Phi) is 5.72. The molecule has 1 aliphatic rings. The molecule has 25 heavy (non-hydrogen) atoms. The number of carboxylic acid groups (broad SMARTS) is 1. The molecule has 0 spiro atoms. The zero-order valence-corrected chi connectivity index (χ0v) is 15.7. The van der Waals surface area contributed by atoms with E-state index in [1.165, 1.54) is 4.90 Å². The Morgan fingerprint density at radius 2 is 1.80 bits per heavy atom. The molecule has 2 atom stereocenters. The third kappa shape index (κ3) is 5.19. The van der Waals surface area contributed by atoms with Crippen molar-refractivity contribution in [3.8, 4) is 0 Å². The van der Waals surface area contributed by atoms with Crippen molar-refractivity contribution in [2.45, 2.75) is 58.8 Å². The van der Waals surface area contributed by atoms with Crippen LogP contribution in [0.2, 0.25) is 0 Å². The number of hydrogen-bond donors (Lipinski definition) is 2. The largest absolute Gasteiger partial charge is 0.465 e. The van der Waals surface area contributed by atoms with Gasteiger partial charge in [0.1, 0.15) is 0 Å². The fourth-order valence-electron chi connectivity index (χ4n) is 3.26. The van der Waals surface area contributed by atoms with Gasteiger partial charge < -0.3 is 15.3 Å². The third-order valence-electron chi connectivity index (χ3n) is 4.41. The average molecular weight is 347 g/mol. The first-order chi connectivity index (χ1) is 11.6. The van der Waals surface area contributed by atoms with Crippen LogP contribution < -0.4 is 5.32 Å². The summed E-state index contributed by atoms with van der Waals surface area (Å²) in [6, 6.07) is 7.91. The number of piperazine rings is 1. The van der Waals surface area contributed by atoms with Crippen LogP contribution in [0.1, 0.15) is 50.5 Å². The lowest BCUT2D eigenvalue weighted by Gasteiger charge is -2.43. The van der Waals surface area contributed by atoms with E-state index in [4.69, 9.17) is 0 Å². The van der Waals surface area contributed by atoms with Crippen LogP contribution in [0.4, 0.5) is 4.79 Å². The van der Waals surface area contributed by atoms with Gasteiger partial charge in [-0.05, 0) is 52.3 Å². The topological polar surface area (TPSA) is 72.9 Å². The summed E-state index contributed by atoms with van der Waals surface area (Å²) in [5.74, 6) is -0.0776. The standard InChI is InChI=1S/C19H29N3O3/c1-13-10-21(18(24)25)11-14(2)22(13)12-15-7-6-8-16(9-15)17(23)20-19(3,4)5/h6-9,13-14H,10-12H2,1-5H3,(H,20,23)(H,24,25). The number of carbonyl (C=O) groups excluding carboxylic acids is 1. The molecule has 2 amide bonds. The number of rotatable bonds is 3. The predicted molar refractivity (Wildman–Crippen MR) is 97.7 cm³/mol. The van der Waals surface area contributed by atoms with E-state index in [1.807, 2.05) is 58.9 Å². The molecule has 1 aromatic carbocycles. The van der Waals surface area contributed by atoms with Gasteiger partial charge in [-0.1, -0.05) is 12.1 Å². The number of hydrogen-bond acceptors (Lipinski definition) is 3. The molecule has 1 heterocycles. The van der Waals surface area contributed by atoms with Crippen LogP contribution in [0.25, 0.3) is 0 Å². The molecule has 0 aromatic heterocycles. The average Bonchev–Trinajstić information content (AvgIpc) is 2.49. The molecule has 138 valence electrons. The molecule has 1 aromatic rings. The van der Waals surface area contributed by atoms with Gasteiger partial charge in [0.15, 0.2) is 0 Å². The Bertz CT molecular complexity index is 627. The number of carbonyl (C=O) groups is 2. The lowest BCUT2D eigenvalue weighted by atomic mass is 10.0. The third-order valence-corrected chi connectivity index (χ3v) is 4.41. The highest BCUT2D eigenvalue weighted by Gasteiger charge is 2.31. The monoisotopic (exact) mass is 347 g/mol. The Morgan fingerprint density at radius 3 is 2.32 bits per heavy atom. The molecule has 0 saturated carbocycles. The maximum Gasteiger partial charge on any atom is 0.407 e. The van der Waals surface area contributed by atoms with Gasteiger partial charge >= 0.3 is 6.09 Å². The fraction of sp³-hybridized carbons (Fsp3) is 0.579. The van der Waals surface area contributed by atoms with Crippen molar-refractivity contribution in [3.05, 3.63) is 35.4 Å². The minimum Gasteiger partial charge on any atom is -0.465 e. The number of amides is 2. The Balaban J connectivity index is 2.09. The van der Waals surface area contributed by atoms with Crippen molar-refractivity contribution >= 4 is 12.0 Å². The van der Waals surface area contributed by atoms with E-state index in [0.29, 0.717) is 25.2 Å². The molecule has 0 aliphatic carbocycles. The minimum absolute atomic E-state index is 0.0776. The van der Waals surface area contributed by atoms with Gasteiger partial charge in [0.05, 0.1) is 0 Å². The lowest BCUT2D eigenvalue weighted by molar-refractivity contribution is 0.0350. The van der Waals surface area contributed by atoms with Crippen LogP contribution in [0.5, 0.6) is 0 Å². The second-order valence-electron chi connectivity index (χ2n) is 7.96. The second kappa shape index (κ2) is 7.44. The highest BCUT2D eigenvalue weighted by molar-refractivity contribution is 5.94. The van der Waals surface area contributed by atoms with E-state index in [0.717, 1.165) is 5.56 Å². The Hall–Kier alpha value is -2.08. The van der Waals surface area contributed by atoms with Crippen LogP contribution in [0.15, 0.2) is 24.3 Å². The summed E-state index contributed by atoms with van der Waals surface area (Å²) in [7, 11) is 0. The van der Waals surface area contributed by atoms with E-state index >= 15 is 0 Å². The fourth-order valence-corrected chi connectivity index (χ4v) is 3.26. The highest BCUT2D eigenvalue weighted by Crippen LogP contribution is 2.20. The van der Waals surface area contributed by atoms with E-state index in [2.05, 4.69) is 10.2 Å². The molecule has 0 radical (unpaired) electrons. The molecular weight excluding hydrogens is 318 g/mol. The molecule has 1 saturated heterocycles. The van der Waals surface area contributed by atoms with E-state index in [-0.39, 0.29) is 23.5 Å². The lowest BCUT2D eigenvalue weighted by Crippen LogP contribution is -2.57. The highest BCUT2D eigenvalue weighted by atomic mass is 16.4. The van der Waals surface area contributed by atoms with Gasteiger partial charge in [-0.2, -0.15) is 0 Å². The first-order valence-electron chi connectivity index (χ1n) is 8.72. The first-order valence-corrected chi connectivity index (χ1v) is 8.72. The maximum absolute atomic E-state index is 12.4. The quantitative estimate of drug-likeness (QED) is 0.882. The summed E-state index contributed by atoms with van der Waals surface area (Å²) in [4.78, 5) is 27.3. The number of nitrogens with zero attached hydrogens (tertiary/aromatic N) is 2. The van der Waals surface area contributed by atoms with Gasteiger partial charge in [-0.15, -0.1) is 0 Å². The van der Waals surface area contributed by atoms with E-state index in [9.17, 15) is 14.7 Å². The Labute approximate surface area is 149 Å². The molecule has 2 rings (SSSR count). The van der Waals surface area contributed by atoms with Crippen LogP contribution >= 0.6 is 0 Å². The number of benzene rings is 1. The van der Waals surface area contributed by atoms with Crippen LogP contribution in [-0.2, 0) is 6.54 Å². The van der Waals surface area contributed by atoms with Crippen molar-refractivity contribution in [2.75, 3.05) is 13.1 Å². The Morgan fingerprint density at radius 1 is 1.20 bits per heavy atom. The SMILES string of the molecule is CC1CN(C(=O)O)CC(C)N1Cc1cccc(C(=O)NC(C)(C)C)c1. The molecule has 2 unspecified atom stereocenters. The summed E-state index contributed by atoms with van der Waals surface area (Å²) < 4.78 is 0. The second-order valence-corrected chi connectivity index (χ2v) is 7.96. The number of nitrogens with one attached hydrogen (secondary N) is 1. The van der Waals surface area contributed by atoms with Crippen molar-refractivity contribution in [1.82, 2.24) is 15.1 Å². The first kappa shape index (κ1) is 19.2. The summed E-state index contributed by atoms with van der Waals surface area (Å²) in [5, 5.41) is 12.2. The van der Waals surface area contributed by atoms with Gasteiger partial charge in [0, 0.05) is 42.8 Å². The molecule has 0 bridgehead atoms. The normalized spacial score (nSPS) is 21.9. The summed E-state index contributed by atoms with van der Waals surface area (Å²) in [6.45, 7) is 11.7. The van der Waals surface area contributed by atoms with E-state index < -0.39 is 6.09 Å². The molecule has 2 N–H and O–H groups in total. The molecule has 1 aliphatic heterocycles. The smallest absolute Gasteiger partial charge is 0.407 e. The van der Waals surface area contributed by atoms with Crippen LogP contribution in [-0.4, -0.2) is 57.6 Å². The van der Waals surface area contributed by atoms with Crippen molar-refractivity contribution < 1.29 is 14.7 Å². The predicted octanol–water partition coefficient (Wildman–Crippen LogP) is 2.79. The molecule has 6 heteroatoms. The van der Waals surface area contributed by atoms with Crippen molar-refractivity contribution in [2.24, 2.45) is 0 Å². The van der Waals surface area contributed by atoms with Crippen LogP contribution in [0, 0.1) is 0 Å². The van der Waals surface area contributed by atoms with E-state index in [1.54, 1.807) is 0 Å². The van der Waals surface area contributed by atoms with Crippen molar-refractivity contribution in [1.29, 1.82) is 0 Å². The van der Waals surface area contributed by atoms with Gasteiger partial charge in [-0.25, -0.2) is 4.79 Å². The molecule has 1 fully saturated rings. The molecule has 6 nitrogen and oxygen atoms in total.